The van der Waals surface area contributed by atoms with E-state index in [1.165, 1.54) is 0 Å². The van der Waals surface area contributed by atoms with Gasteiger partial charge in [0.15, 0.2) is 0 Å². The number of aromatic nitrogens is 1. The number of fused-ring (bicyclic) bond motifs is 1. The molecule has 2 N–H and O–H groups in total. The first-order chi connectivity index (χ1) is 11.7. The molecule has 0 fully saturated rings. The second kappa shape index (κ2) is 7.19. The van der Waals surface area contributed by atoms with Crippen molar-refractivity contribution in [3.63, 3.8) is 0 Å². The number of methoxy groups -OCH3 is 1. The number of ether oxygens (including phenoxy) is 2. The Morgan fingerprint density at radius 3 is 2.75 bits per heavy atom. The van der Waals surface area contributed by atoms with Crippen LogP contribution in [0.5, 0.6) is 5.75 Å². The van der Waals surface area contributed by atoms with E-state index in [0.717, 1.165) is 16.5 Å². The number of hydrogen-bond donors (Lipinski definition) is 2. The Bertz CT molecular complexity index is 822. The van der Waals surface area contributed by atoms with E-state index in [9.17, 15) is 4.79 Å². The van der Waals surface area contributed by atoms with Crippen molar-refractivity contribution in [1.82, 2.24) is 4.98 Å². The van der Waals surface area contributed by atoms with E-state index >= 15 is 0 Å². The number of rotatable bonds is 6. The predicted octanol–water partition coefficient (Wildman–Crippen LogP) is 3.75. The van der Waals surface area contributed by atoms with Gasteiger partial charge in [-0.1, -0.05) is 24.3 Å². The van der Waals surface area contributed by atoms with E-state index in [-0.39, 0.29) is 5.91 Å². The lowest BCUT2D eigenvalue weighted by Crippen LogP contribution is -2.14. The molecule has 1 aromatic heterocycles. The largest absolute Gasteiger partial charge is 0.489 e. The summed E-state index contributed by atoms with van der Waals surface area (Å²) in [6.45, 7) is 2.89. The third kappa shape index (κ3) is 3.58. The van der Waals surface area contributed by atoms with Crippen LogP contribution in [0, 0.1) is 6.92 Å². The first-order valence-electron chi connectivity index (χ1n) is 7.79. The lowest BCUT2D eigenvalue weighted by atomic mass is 10.2. The molecule has 124 valence electrons. The summed E-state index contributed by atoms with van der Waals surface area (Å²) in [6.07, 6.45) is 0. The second-order valence-corrected chi connectivity index (χ2v) is 5.57. The van der Waals surface area contributed by atoms with Crippen molar-refractivity contribution in [2.45, 2.75) is 6.92 Å². The van der Waals surface area contributed by atoms with Gasteiger partial charge in [0, 0.05) is 18.0 Å². The van der Waals surface area contributed by atoms with Crippen molar-refractivity contribution < 1.29 is 14.3 Å². The van der Waals surface area contributed by atoms with Gasteiger partial charge < -0.3 is 19.8 Å². The van der Waals surface area contributed by atoms with Gasteiger partial charge in [0.2, 0.25) is 0 Å². The smallest absolute Gasteiger partial charge is 0.272 e. The number of benzene rings is 2. The van der Waals surface area contributed by atoms with Crippen molar-refractivity contribution in [2.75, 3.05) is 25.6 Å². The molecule has 3 rings (SSSR count). The highest BCUT2D eigenvalue weighted by molar-refractivity contribution is 6.06. The fourth-order valence-electron chi connectivity index (χ4n) is 2.47. The minimum Gasteiger partial charge on any atom is -0.489 e. The van der Waals surface area contributed by atoms with Gasteiger partial charge in [-0.25, -0.2) is 0 Å². The average Bonchev–Trinajstić information content (AvgIpc) is 3.01. The van der Waals surface area contributed by atoms with Gasteiger partial charge in [-0.2, -0.15) is 0 Å². The molecule has 0 unspecified atom stereocenters. The number of H-pyrrole nitrogens is 1. The Morgan fingerprint density at radius 1 is 1.12 bits per heavy atom. The lowest BCUT2D eigenvalue weighted by molar-refractivity contribution is 0.102. The van der Waals surface area contributed by atoms with Crippen LogP contribution < -0.4 is 10.1 Å². The first-order valence-corrected chi connectivity index (χ1v) is 7.79. The van der Waals surface area contributed by atoms with Crippen molar-refractivity contribution in [3.05, 3.63) is 59.8 Å². The molecule has 24 heavy (non-hydrogen) atoms. The van der Waals surface area contributed by atoms with Gasteiger partial charge >= 0.3 is 0 Å². The molecule has 0 aliphatic rings. The van der Waals surface area contributed by atoms with Gasteiger partial charge in [-0.3, -0.25) is 4.79 Å². The normalized spacial score (nSPS) is 10.8. The number of nitrogens with one attached hydrogen (secondary N) is 2. The third-order valence-corrected chi connectivity index (χ3v) is 3.70. The maximum Gasteiger partial charge on any atom is 0.272 e. The lowest BCUT2D eigenvalue weighted by Gasteiger charge is -2.13. The summed E-state index contributed by atoms with van der Waals surface area (Å²) in [7, 11) is 1.62. The van der Waals surface area contributed by atoms with Gasteiger partial charge in [0.1, 0.15) is 18.1 Å². The highest BCUT2D eigenvalue weighted by Gasteiger charge is 2.12. The second-order valence-electron chi connectivity index (χ2n) is 5.57. The Balaban J connectivity index is 1.80. The van der Waals surface area contributed by atoms with Crippen molar-refractivity contribution >= 4 is 22.5 Å². The Morgan fingerprint density at radius 2 is 1.96 bits per heavy atom. The summed E-state index contributed by atoms with van der Waals surface area (Å²) in [5.41, 5.74) is 3.15. The average molecular weight is 324 g/mol. The van der Waals surface area contributed by atoms with Crippen LogP contribution >= 0.6 is 0 Å². The molecular weight excluding hydrogens is 304 g/mol. The van der Waals surface area contributed by atoms with Gasteiger partial charge in [-0.05, 0) is 36.8 Å². The van der Waals surface area contributed by atoms with E-state index in [1.54, 1.807) is 7.11 Å². The summed E-state index contributed by atoms with van der Waals surface area (Å²) < 4.78 is 10.7. The first kappa shape index (κ1) is 16.1. The molecule has 1 heterocycles. The molecular formula is C19H20N2O3. The molecule has 5 nitrogen and oxygen atoms in total. The van der Waals surface area contributed by atoms with Crippen LogP contribution in [0.15, 0.2) is 48.5 Å². The summed E-state index contributed by atoms with van der Waals surface area (Å²) >= 11 is 0. The fourth-order valence-corrected chi connectivity index (χ4v) is 2.47. The Labute approximate surface area is 140 Å². The van der Waals surface area contributed by atoms with Crippen molar-refractivity contribution in [3.8, 4) is 5.75 Å². The molecule has 0 bridgehead atoms. The van der Waals surface area contributed by atoms with E-state index in [2.05, 4.69) is 10.3 Å². The highest BCUT2D eigenvalue weighted by Crippen LogP contribution is 2.26. The van der Waals surface area contributed by atoms with Gasteiger partial charge in [0.25, 0.3) is 5.91 Å². The molecule has 2 aromatic carbocycles. The molecule has 0 aliphatic heterocycles. The molecule has 0 saturated heterocycles. The zero-order valence-electron chi connectivity index (χ0n) is 13.8. The summed E-state index contributed by atoms with van der Waals surface area (Å²) in [4.78, 5) is 15.7. The quantitative estimate of drug-likeness (QED) is 0.679. The number of para-hydroxylation sites is 1. The van der Waals surface area contributed by atoms with Crippen LogP contribution in [-0.4, -0.2) is 31.2 Å². The van der Waals surface area contributed by atoms with Crippen LogP contribution in [0.1, 0.15) is 16.1 Å². The summed E-state index contributed by atoms with van der Waals surface area (Å²) in [6, 6.07) is 15.3. The van der Waals surface area contributed by atoms with Crippen LogP contribution in [0.2, 0.25) is 0 Å². The highest BCUT2D eigenvalue weighted by atomic mass is 16.5. The zero-order valence-corrected chi connectivity index (χ0v) is 13.8. The van der Waals surface area contributed by atoms with Crippen LogP contribution in [0.25, 0.3) is 10.9 Å². The number of amides is 1. The van der Waals surface area contributed by atoms with E-state index < -0.39 is 0 Å². The molecule has 0 saturated carbocycles. The number of carbonyl (C=O) groups excluding carboxylic acids is 1. The number of aryl methyl sites for hydroxylation is 1. The van der Waals surface area contributed by atoms with Crippen LogP contribution in [-0.2, 0) is 4.74 Å². The maximum absolute atomic E-state index is 12.5. The minimum atomic E-state index is -0.202. The SMILES string of the molecule is COCCOc1cc(C)ccc1NC(=O)c1cc2ccccc2[nH]1. The standard InChI is InChI=1S/C19H20N2O3/c1-13-7-8-16(18(11-13)24-10-9-23-2)21-19(22)17-12-14-5-3-4-6-15(14)20-17/h3-8,11-12,20H,9-10H2,1-2H3,(H,21,22). The van der Waals surface area contributed by atoms with Crippen molar-refractivity contribution in [2.24, 2.45) is 0 Å². The maximum atomic E-state index is 12.5. The molecule has 0 spiro atoms. The van der Waals surface area contributed by atoms with E-state index in [1.807, 2.05) is 55.5 Å². The number of anilines is 1. The minimum absolute atomic E-state index is 0.202. The number of aromatic amines is 1. The topological polar surface area (TPSA) is 63.4 Å². The van der Waals surface area contributed by atoms with Crippen LogP contribution in [0.4, 0.5) is 5.69 Å². The molecule has 0 radical (unpaired) electrons. The van der Waals surface area contributed by atoms with Gasteiger partial charge in [0.05, 0.1) is 12.3 Å². The van der Waals surface area contributed by atoms with E-state index in [0.29, 0.717) is 30.3 Å². The van der Waals surface area contributed by atoms with Gasteiger partial charge in [-0.15, -0.1) is 0 Å². The Kier molecular flexibility index (Phi) is 4.82. The van der Waals surface area contributed by atoms with Crippen LogP contribution in [0.3, 0.4) is 0 Å². The molecule has 3 aromatic rings. The number of carbonyl (C=O) groups is 1. The molecule has 5 heteroatoms. The molecule has 1 amide bonds. The van der Waals surface area contributed by atoms with E-state index in [4.69, 9.17) is 9.47 Å². The summed E-state index contributed by atoms with van der Waals surface area (Å²) in [5.74, 6) is 0.433. The zero-order chi connectivity index (χ0) is 16.9. The fraction of sp³-hybridized carbons (Fsp3) is 0.211. The number of hydrogen-bond acceptors (Lipinski definition) is 3. The Hall–Kier alpha value is -2.79. The van der Waals surface area contributed by atoms with Crippen molar-refractivity contribution in [1.29, 1.82) is 0 Å². The summed E-state index contributed by atoms with van der Waals surface area (Å²) in [5, 5.41) is 3.91. The molecule has 0 atom stereocenters. The predicted molar refractivity (Wildman–Crippen MR) is 94.8 cm³/mol. The third-order valence-electron chi connectivity index (χ3n) is 3.70. The monoisotopic (exact) mass is 324 g/mol. The molecule has 0 aliphatic carbocycles.